The molecule has 1 aromatic carbocycles. The molecule has 0 aliphatic carbocycles. The van der Waals surface area contributed by atoms with Crippen LogP contribution in [0.2, 0.25) is 0 Å². The molecule has 0 radical (unpaired) electrons. The zero-order chi connectivity index (χ0) is 14.9. The topological polar surface area (TPSA) is 113 Å². The van der Waals surface area contributed by atoms with Gasteiger partial charge in [0.1, 0.15) is 0 Å². The van der Waals surface area contributed by atoms with Crippen LogP contribution in [0.15, 0.2) is 23.1 Å². The minimum atomic E-state index is -3.70. The monoisotopic (exact) mass is 299 g/mol. The highest BCUT2D eigenvalue weighted by Gasteiger charge is 2.30. The zero-order valence-corrected chi connectivity index (χ0v) is 11.9. The van der Waals surface area contributed by atoms with Crippen molar-refractivity contribution >= 4 is 21.8 Å². The maximum atomic E-state index is 12.3. The molecule has 4 N–H and O–H groups in total. The largest absolute Gasteiger partial charge is 0.465 e. The van der Waals surface area contributed by atoms with E-state index in [0.717, 1.165) is 0 Å². The van der Waals surface area contributed by atoms with Crippen LogP contribution in [-0.4, -0.2) is 43.6 Å². The third-order valence-electron chi connectivity index (χ3n) is 3.28. The van der Waals surface area contributed by atoms with E-state index in [1.165, 1.54) is 11.0 Å². The molecule has 7 nitrogen and oxygen atoms in total. The average molecular weight is 299 g/mol. The minimum absolute atomic E-state index is 0.131. The summed E-state index contributed by atoms with van der Waals surface area (Å²) in [5.74, 6) is 0. The summed E-state index contributed by atoms with van der Waals surface area (Å²) in [5, 5.41) is 8.86. The number of benzene rings is 1. The summed E-state index contributed by atoms with van der Waals surface area (Å²) in [4.78, 5) is 12.1. The highest BCUT2D eigenvalue weighted by molar-refractivity contribution is 7.89. The first-order valence-corrected chi connectivity index (χ1v) is 7.64. The summed E-state index contributed by atoms with van der Waals surface area (Å²) < 4.78 is 27.1. The van der Waals surface area contributed by atoms with Crippen molar-refractivity contribution in [1.29, 1.82) is 0 Å². The van der Waals surface area contributed by atoms with Crippen molar-refractivity contribution in [3.63, 3.8) is 0 Å². The number of hydrogen-bond donors (Lipinski definition) is 3. The molecule has 1 aliphatic rings. The molecule has 1 amide bonds. The van der Waals surface area contributed by atoms with Crippen LogP contribution in [0.25, 0.3) is 0 Å². The van der Waals surface area contributed by atoms with Crippen molar-refractivity contribution in [2.45, 2.75) is 24.3 Å². The van der Waals surface area contributed by atoms with Crippen LogP contribution < -0.4 is 10.5 Å². The lowest BCUT2D eigenvalue weighted by Gasteiger charge is -2.15. The van der Waals surface area contributed by atoms with Gasteiger partial charge in [0.25, 0.3) is 0 Å². The molecule has 1 saturated heterocycles. The van der Waals surface area contributed by atoms with Crippen LogP contribution in [0.4, 0.5) is 10.5 Å². The van der Waals surface area contributed by atoms with Gasteiger partial charge in [0.05, 0.1) is 4.90 Å². The van der Waals surface area contributed by atoms with Crippen molar-refractivity contribution < 1.29 is 18.3 Å². The number of likely N-dealkylation sites (tertiary alicyclic amines) is 1. The molecule has 1 fully saturated rings. The van der Waals surface area contributed by atoms with Crippen molar-refractivity contribution in [2.75, 3.05) is 18.8 Å². The highest BCUT2D eigenvalue weighted by atomic mass is 32.2. The minimum Gasteiger partial charge on any atom is -0.465 e. The number of rotatable bonds is 3. The maximum Gasteiger partial charge on any atom is 0.407 e. The molecule has 1 heterocycles. The molecule has 110 valence electrons. The summed E-state index contributed by atoms with van der Waals surface area (Å²) in [7, 11) is -3.70. The fourth-order valence-corrected chi connectivity index (χ4v) is 3.76. The summed E-state index contributed by atoms with van der Waals surface area (Å²) in [6, 6.07) is 4.27. The molecule has 0 unspecified atom stereocenters. The number of nitrogens with two attached hydrogens (primary N) is 1. The number of amides is 1. The van der Waals surface area contributed by atoms with E-state index in [1.807, 2.05) is 0 Å². The van der Waals surface area contributed by atoms with Crippen molar-refractivity contribution in [1.82, 2.24) is 9.62 Å². The Labute approximate surface area is 117 Å². The van der Waals surface area contributed by atoms with Gasteiger partial charge in [-0.3, -0.25) is 0 Å². The standard InChI is InChI=1S/C12H17N3O4S/c1-8-2-3-9(13)6-11(8)20(18,19)14-10-4-5-15(7-10)12(16)17/h2-3,6,10,14H,4-5,7,13H2,1H3,(H,16,17)/t10-/m1/s1. The smallest absolute Gasteiger partial charge is 0.407 e. The molecule has 8 heteroatoms. The first-order chi connectivity index (χ1) is 9.29. The zero-order valence-electron chi connectivity index (χ0n) is 11.0. The van der Waals surface area contributed by atoms with E-state index in [9.17, 15) is 13.2 Å². The average Bonchev–Trinajstić information content (AvgIpc) is 2.80. The molecule has 20 heavy (non-hydrogen) atoms. The van der Waals surface area contributed by atoms with Crippen LogP contribution >= 0.6 is 0 Å². The van der Waals surface area contributed by atoms with Gasteiger partial charge >= 0.3 is 6.09 Å². The number of anilines is 1. The molecule has 2 rings (SSSR count). The molecular weight excluding hydrogens is 282 g/mol. The Balaban J connectivity index is 2.16. The Morgan fingerprint density at radius 3 is 2.80 bits per heavy atom. The molecular formula is C12H17N3O4S. The molecule has 1 aromatic rings. The van der Waals surface area contributed by atoms with E-state index >= 15 is 0 Å². The molecule has 1 atom stereocenters. The predicted molar refractivity (Wildman–Crippen MR) is 73.9 cm³/mol. The maximum absolute atomic E-state index is 12.3. The SMILES string of the molecule is Cc1ccc(N)cc1S(=O)(=O)N[C@@H]1CCN(C(=O)O)C1. The Morgan fingerprint density at radius 2 is 2.20 bits per heavy atom. The predicted octanol–water partition coefficient (Wildman–Crippen LogP) is 0.608. The second-order valence-corrected chi connectivity index (χ2v) is 6.54. The third-order valence-corrected chi connectivity index (χ3v) is 4.94. The molecule has 0 aromatic heterocycles. The van der Waals surface area contributed by atoms with Crippen LogP contribution in [0.1, 0.15) is 12.0 Å². The van der Waals surface area contributed by atoms with Gasteiger partial charge in [-0.05, 0) is 31.0 Å². The van der Waals surface area contributed by atoms with E-state index in [-0.39, 0.29) is 11.4 Å². The van der Waals surface area contributed by atoms with Crippen LogP contribution in [-0.2, 0) is 10.0 Å². The number of aryl methyl sites for hydroxylation is 1. The highest BCUT2D eigenvalue weighted by Crippen LogP contribution is 2.20. The Morgan fingerprint density at radius 1 is 1.50 bits per heavy atom. The number of nitrogen functional groups attached to an aromatic ring is 1. The van der Waals surface area contributed by atoms with Gasteiger partial charge in [-0.2, -0.15) is 0 Å². The van der Waals surface area contributed by atoms with E-state index in [0.29, 0.717) is 24.2 Å². The van der Waals surface area contributed by atoms with E-state index < -0.39 is 22.2 Å². The number of hydrogen-bond acceptors (Lipinski definition) is 4. The lowest BCUT2D eigenvalue weighted by molar-refractivity contribution is 0.155. The first-order valence-electron chi connectivity index (χ1n) is 6.16. The molecule has 0 saturated carbocycles. The van der Waals surface area contributed by atoms with Gasteiger partial charge in [-0.25, -0.2) is 17.9 Å². The lowest BCUT2D eigenvalue weighted by Crippen LogP contribution is -2.38. The Bertz CT molecular complexity index is 630. The van der Waals surface area contributed by atoms with Gasteiger partial charge in [0, 0.05) is 24.8 Å². The molecule has 1 aliphatic heterocycles. The third kappa shape index (κ3) is 3.02. The summed E-state index contributed by atoms with van der Waals surface area (Å²) in [6.45, 7) is 2.18. The van der Waals surface area contributed by atoms with Gasteiger partial charge < -0.3 is 15.7 Å². The van der Waals surface area contributed by atoms with Crippen LogP contribution in [0, 0.1) is 6.92 Å². The Kier molecular flexibility index (Phi) is 3.87. The number of sulfonamides is 1. The second-order valence-electron chi connectivity index (χ2n) is 4.86. The van der Waals surface area contributed by atoms with Crippen LogP contribution in [0.5, 0.6) is 0 Å². The van der Waals surface area contributed by atoms with Gasteiger partial charge in [-0.1, -0.05) is 6.07 Å². The Hall–Kier alpha value is -1.80. The fraction of sp³-hybridized carbons (Fsp3) is 0.417. The van der Waals surface area contributed by atoms with Gasteiger partial charge in [-0.15, -0.1) is 0 Å². The number of carboxylic acid groups (broad SMARTS) is 1. The van der Waals surface area contributed by atoms with Gasteiger partial charge in [0.15, 0.2) is 0 Å². The molecule has 0 bridgehead atoms. The fourth-order valence-electron chi connectivity index (χ4n) is 2.22. The second kappa shape index (κ2) is 5.29. The van der Waals surface area contributed by atoms with E-state index in [1.54, 1.807) is 19.1 Å². The number of nitrogens with zero attached hydrogens (tertiary/aromatic N) is 1. The van der Waals surface area contributed by atoms with Crippen molar-refractivity contribution in [2.24, 2.45) is 0 Å². The van der Waals surface area contributed by atoms with E-state index in [4.69, 9.17) is 10.8 Å². The van der Waals surface area contributed by atoms with Gasteiger partial charge in [0.2, 0.25) is 10.0 Å². The van der Waals surface area contributed by atoms with Crippen molar-refractivity contribution in [3.05, 3.63) is 23.8 Å². The van der Waals surface area contributed by atoms with Crippen LogP contribution in [0.3, 0.4) is 0 Å². The molecule has 0 spiro atoms. The van der Waals surface area contributed by atoms with E-state index in [2.05, 4.69) is 4.72 Å². The summed E-state index contributed by atoms with van der Waals surface area (Å²) >= 11 is 0. The summed E-state index contributed by atoms with van der Waals surface area (Å²) in [6.07, 6.45) is -0.570. The number of carbonyl (C=O) groups is 1. The quantitative estimate of drug-likeness (QED) is 0.708. The number of nitrogens with one attached hydrogen (secondary N) is 1. The normalized spacial score (nSPS) is 19.2. The summed E-state index contributed by atoms with van der Waals surface area (Å²) in [5.41, 5.74) is 6.58. The van der Waals surface area contributed by atoms with Crippen molar-refractivity contribution in [3.8, 4) is 0 Å². The first kappa shape index (κ1) is 14.6. The lowest BCUT2D eigenvalue weighted by atomic mass is 10.2.